The molecule has 0 radical (unpaired) electrons. The minimum Gasteiger partial charge on any atom is -0.370 e. The number of nitrogens with two attached hydrogens (primary N) is 1. The first kappa shape index (κ1) is 14.4. The minimum absolute atomic E-state index is 0.230. The van der Waals surface area contributed by atoms with E-state index in [0.717, 1.165) is 24.2 Å². The van der Waals surface area contributed by atoms with Gasteiger partial charge in [0.15, 0.2) is 0 Å². The summed E-state index contributed by atoms with van der Waals surface area (Å²) in [4.78, 5) is 8.32. The summed E-state index contributed by atoms with van der Waals surface area (Å²) < 4.78 is 0. The van der Waals surface area contributed by atoms with Gasteiger partial charge >= 0.3 is 0 Å². The number of rotatable bonds is 5. The smallest absolute Gasteiger partial charge is 0.223 e. The van der Waals surface area contributed by atoms with Gasteiger partial charge in [-0.15, -0.1) is 0 Å². The Bertz CT molecular complexity index is 600. The Balaban J connectivity index is 2.24. The average Bonchev–Trinajstić information content (AvgIpc) is 2.40. The number of hydrogen-bond acceptors (Lipinski definition) is 5. The largest absolute Gasteiger partial charge is 0.370 e. The first-order valence-electron chi connectivity index (χ1n) is 6.50. The SMILES string of the molecule is CCCNc1cc(Nc2cc(Cl)ccc2C)nc(N)n1. The summed E-state index contributed by atoms with van der Waals surface area (Å²) >= 11 is 6.00. The zero-order valence-corrected chi connectivity index (χ0v) is 12.3. The van der Waals surface area contributed by atoms with Crippen LogP contribution >= 0.6 is 11.6 Å². The number of nitrogens with zero attached hydrogens (tertiary/aromatic N) is 2. The zero-order chi connectivity index (χ0) is 14.5. The van der Waals surface area contributed by atoms with Crippen molar-refractivity contribution in [3.63, 3.8) is 0 Å². The van der Waals surface area contributed by atoms with E-state index in [9.17, 15) is 0 Å². The number of hydrogen-bond donors (Lipinski definition) is 3. The summed E-state index contributed by atoms with van der Waals surface area (Å²) in [6.45, 7) is 4.93. The fraction of sp³-hybridized carbons (Fsp3) is 0.286. The van der Waals surface area contributed by atoms with Gasteiger partial charge in [-0.25, -0.2) is 0 Å². The van der Waals surface area contributed by atoms with E-state index in [4.69, 9.17) is 17.3 Å². The van der Waals surface area contributed by atoms with E-state index in [-0.39, 0.29) is 5.95 Å². The summed E-state index contributed by atoms with van der Waals surface area (Å²) in [6, 6.07) is 7.48. The minimum atomic E-state index is 0.230. The van der Waals surface area contributed by atoms with Gasteiger partial charge in [-0.2, -0.15) is 9.97 Å². The Morgan fingerprint density at radius 3 is 2.70 bits per heavy atom. The van der Waals surface area contributed by atoms with E-state index in [0.29, 0.717) is 16.7 Å². The van der Waals surface area contributed by atoms with Gasteiger partial charge < -0.3 is 16.4 Å². The molecule has 0 fully saturated rings. The molecule has 5 nitrogen and oxygen atoms in total. The van der Waals surface area contributed by atoms with E-state index in [2.05, 4.69) is 27.5 Å². The topological polar surface area (TPSA) is 75.9 Å². The standard InChI is InChI=1S/C14H18ClN5/c1-3-6-17-12-8-13(20-14(16)19-12)18-11-7-10(15)5-4-9(11)2/h4-5,7-8H,3,6H2,1-2H3,(H4,16,17,18,19,20). The van der Waals surface area contributed by atoms with Crippen LogP contribution in [0.2, 0.25) is 5.02 Å². The van der Waals surface area contributed by atoms with Gasteiger partial charge in [0.05, 0.1) is 0 Å². The van der Waals surface area contributed by atoms with Crippen LogP contribution in [0.5, 0.6) is 0 Å². The van der Waals surface area contributed by atoms with Crippen LogP contribution in [0.3, 0.4) is 0 Å². The van der Waals surface area contributed by atoms with Crippen molar-refractivity contribution in [2.75, 3.05) is 22.9 Å². The van der Waals surface area contributed by atoms with E-state index >= 15 is 0 Å². The molecular weight excluding hydrogens is 274 g/mol. The molecule has 1 heterocycles. The molecule has 0 bridgehead atoms. The van der Waals surface area contributed by atoms with Gasteiger partial charge in [-0.05, 0) is 31.0 Å². The molecule has 1 aromatic carbocycles. The fourth-order valence-corrected chi connectivity index (χ4v) is 1.91. The van der Waals surface area contributed by atoms with Crippen LogP contribution in [-0.4, -0.2) is 16.5 Å². The number of benzene rings is 1. The van der Waals surface area contributed by atoms with Crippen molar-refractivity contribution in [3.8, 4) is 0 Å². The molecule has 0 unspecified atom stereocenters. The Morgan fingerprint density at radius 1 is 1.20 bits per heavy atom. The highest BCUT2D eigenvalue weighted by molar-refractivity contribution is 6.30. The van der Waals surface area contributed by atoms with Crippen LogP contribution in [0.1, 0.15) is 18.9 Å². The van der Waals surface area contributed by atoms with Crippen LogP contribution < -0.4 is 16.4 Å². The molecule has 0 aliphatic heterocycles. The number of nitrogen functional groups attached to an aromatic ring is 1. The van der Waals surface area contributed by atoms with E-state index < -0.39 is 0 Å². The third-order valence-electron chi connectivity index (χ3n) is 2.76. The quantitative estimate of drug-likeness (QED) is 0.785. The second kappa shape index (κ2) is 6.43. The highest BCUT2D eigenvalue weighted by Gasteiger charge is 2.05. The predicted octanol–water partition coefficient (Wildman–Crippen LogP) is 3.59. The summed E-state index contributed by atoms with van der Waals surface area (Å²) in [5.74, 6) is 1.58. The molecule has 2 aromatic rings. The molecule has 106 valence electrons. The Kier molecular flexibility index (Phi) is 4.63. The Hall–Kier alpha value is -2.01. The molecule has 0 amide bonds. The maximum Gasteiger partial charge on any atom is 0.223 e. The van der Waals surface area contributed by atoms with Crippen molar-refractivity contribution in [2.24, 2.45) is 0 Å². The highest BCUT2D eigenvalue weighted by Crippen LogP contribution is 2.24. The van der Waals surface area contributed by atoms with E-state index in [1.54, 1.807) is 0 Å². The molecule has 6 heteroatoms. The Labute approximate surface area is 123 Å². The summed E-state index contributed by atoms with van der Waals surface area (Å²) in [5.41, 5.74) is 7.70. The number of halogens is 1. The lowest BCUT2D eigenvalue weighted by Gasteiger charge is -2.11. The Morgan fingerprint density at radius 2 is 1.95 bits per heavy atom. The maximum absolute atomic E-state index is 6.00. The van der Waals surface area contributed by atoms with Crippen molar-refractivity contribution in [1.82, 2.24) is 9.97 Å². The van der Waals surface area contributed by atoms with Crippen molar-refractivity contribution < 1.29 is 0 Å². The molecule has 0 atom stereocenters. The lowest BCUT2D eigenvalue weighted by molar-refractivity contribution is 0.967. The first-order chi connectivity index (χ1) is 9.58. The second-order valence-corrected chi connectivity index (χ2v) is 4.94. The monoisotopic (exact) mass is 291 g/mol. The number of anilines is 4. The average molecular weight is 292 g/mol. The van der Waals surface area contributed by atoms with Gasteiger partial charge in [-0.3, -0.25) is 0 Å². The van der Waals surface area contributed by atoms with Gasteiger partial charge in [0.2, 0.25) is 5.95 Å². The van der Waals surface area contributed by atoms with Crippen LogP contribution in [0.25, 0.3) is 0 Å². The van der Waals surface area contributed by atoms with Crippen LogP contribution in [0.15, 0.2) is 24.3 Å². The molecule has 0 saturated heterocycles. The van der Waals surface area contributed by atoms with Crippen molar-refractivity contribution in [2.45, 2.75) is 20.3 Å². The number of aryl methyl sites for hydroxylation is 1. The van der Waals surface area contributed by atoms with Crippen LogP contribution in [0.4, 0.5) is 23.3 Å². The third kappa shape index (κ3) is 3.74. The third-order valence-corrected chi connectivity index (χ3v) is 3.00. The van der Waals surface area contributed by atoms with Crippen molar-refractivity contribution in [1.29, 1.82) is 0 Å². The highest BCUT2D eigenvalue weighted by atomic mass is 35.5. The molecule has 0 spiro atoms. The molecule has 0 saturated carbocycles. The lowest BCUT2D eigenvalue weighted by atomic mass is 10.2. The van der Waals surface area contributed by atoms with Gasteiger partial charge in [0.1, 0.15) is 11.6 Å². The molecular formula is C14H18ClN5. The number of nitrogens with one attached hydrogen (secondary N) is 2. The summed E-state index contributed by atoms with van der Waals surface area (Å²) in [7, 11) is 0. The molecule has 0 aliphatic carbocycles. The zero-order valence-electron chi connectivity index (χ0n) is 11.6. The molecule has 20 heavy (non-hydrogen) atoms. The molecule has 4 N–H and O–H groups in total. The summed E-state index contributed by atoms with van der Waals surface area (Å²) in [6.07, 6.45) is 1.01. The van der Waals surface area contributed by atoms with Gasteiger partial charge in [-0.1, -0.05) is 24.6 Å². The maximum atomic E-state index is 6.00. The summed E-state index contributed by atoms with van der Waals surface area (Å²) in [5, 5.41) is 7.08. The normalized spacial score (nSPS) is 10.3. The molecule has 0 aliphatic rings. The predicted molar refractivity (Wildman–Crippen MR) is 84.7 cm³/mol. The first-order valence-corrected chi connectivity index (χ1v) is 6.88. The van der Waals surface area contributed by atoms with Crippen LogP contribution in [-0.2, 0) is 0 Å². The fourth-order valence-electron chi connectivity index (χ4n) is 1.74. The van der Waals surface area contributed by atoms with Crippen molar-refractivity contribution in [3.05, 3.63) is 34.9 Å². The molecule has 1 aromatic heterocycles. The van der Waals surface area contributed by atoms with E-state index in [1.165, 1.54) is 0 Å². The number of aromatic nitrogens is 2. The second-order valence-electron chi connectivity index (χ2n) is 4.51. The van der Waals surface area contributed by atoms with Crippen LogP contribution in [0, 0.1) is 6.92 Å². The molecule has 2 rings (SSSR count). The van der Waals surface area contributed by atoms with Crippen molar-refractivity contribution >= 4 is 34.9 Å². The lowest BCUT2D eigenvalue weighted by Crippen LogP contribution is -2.07. The van der Waals surface area contributed by atoms with Gasteiger partial charge in [0.25, 0.3) is 0 Å². The van der Waals surface area contributed by atoms with E-state index in [1.807, 2.05) is 31.2 Å². The van der Waals surface area contributed by atoms with Gasteiger partial charge in [0, 0.05) is 23.3 Å².